The Labute approximate surface area is 134 Å². The van der Waals surface area contributed by atoms with E-state index in [9.17, 15) is 9.18 Å². The van der Waals surface area contributed by atoms with Gasteiger partial charge < -0.3 is 9.47 Å². The molecule has 0 aliphatic rings. The molecule has 0 heterocycles. The van der Waals surface area contributed by atoms with Gasteiger partial charge in [0.15, 0.2) is 17.8 Å². The van der Waals surface area contributed by atoms with Crippen LogP contribution >= 0.6 is 27.5 Å². The van der Waals surface area contributed by atoms with Crippen molar-refractivity contribution in [2.24, 2.45) is 0 Å². The number of rotatable bonds is 5. The van der Waals surface area contributed by atoms with Crippen molar-refractivity contribution in [1.29, 1.82) is 0 Å². The van der Waals surface area contributed by atoms with Crippen LogP contribution in [0.25, 0.3) is 0 Å². The number of hydrogen-bond acceptors (Lipinski definition) is 3. The molecule has 0 bridgehead atoms. The predicted molar refractivity (Wildman–Crippen MR) is 81.8 cm³/mol. The van der Waals surface area contributed by atoms with Gasteiger partial charge in [0.25, 0.3) is 0 Å². The fourth-order valence-electron chi connectivity index (χ4n) is 1.80. The molecule has 2 aromatic carbocycles. The van der Waals surface area contributed by atoms with Crippen LogP contribution in [0.4, 0.5) is 4.39 Å². The van der Waals surface area contributed by atoms with Crippen molar-refractivity contribution in [2.45, 2.75) is 6.61 Å². The van der Waals surface area contributed by atoms with Gasteiger partial charge in [0.05, 0.1) is 17.7 Å². The van der Waals surface area contributed by atoms with E-state index in [4.69, 9.17) is 21.1 Å². The number of hydrogen-bond donors (Lipinski definition) is 0. The highest BCUT2D eigenvalue weighted by Crippen LogP contribution is 2.35. The summed E-state index contributed by atoms with van der Waals surface area (Å²) in [5, 5.41) is 0.263. The second-order valence-corrected chi connectivity index (χ2v) is 5.46. The summed E-state index contributed by atoms with van der Waals surface area (Å²) in [6.45, 7) is -0.107. The van der Waals surface area contributed by atoms with Gasteiger partial charge in [-0.3, -0.25) is 4.79 Å². The number of benzene rings is 2. The highest BCUT2D eigenvalue weighted by Gasteiger charge is 2.14. The summed E-state index contributed by atoms with van der Waals surface area (Å²) in [5.41, 5.74) is 0.523. The van der Waals surface area contributed by atoms with Crippen LogP contribution in [0.1, 0.15) is 15.9 Å². The lowest BCUT2D eigenvalue weighted by atomic mass is 10.2. The number of carbonyl (C=O) groups excluding carboxylic acids is 1. The smallest absolute Gasteiger partial charge is 0.172 e. The van der Waals surface area contributed by atoms with Gasteiger partial charge in [-0.25, -0.2) is 4.39 Å². The molecule has 0 aliphatic heterocycles. The average Bonchev–Trinajstić information content (AvgIpc) is 2.47. The van der Waals surface area contributed by atoms with Gasteiger partial charge >= 0.3 is 0 Å². The fourth-order valence-corrected chi connectivity index (χ4v) is 2.47. The van der Waals surface area contributed by atoms with Crippen LogP contribution in [0.5, 0.6) is 11.5 Å². The molecule has 0 aromatic heterocycles. The Balaban J connectivity index is 2.34. The van der Waals surface area contributed by atoms with Gasteiger partial charge in [0.1, 0.15) is 12.4 Å². The van der Waals surface area contributed by atoms with Crippen LogP contribution in [0.15, 0.2) is 34.8 Å². The van der Waals surface area contributed by atoms with Crippen molar-refractivity contribution in [1.82, 2.24) is 0 Å². The second-order valence-electron chi connectivity index (χ2n) is 4.13. The molecular formula is C15H11BrClFO3. The van der Waals surface area contributed by atoms with Crippen LogP contribution in [-0.2, 0) is 6.61 Å². The Kier molecular flexibility index (Phi) is 5.20. The molecule has 0 saturated heterocycles. The van der Waals surface area contributed by atoms with Crippen LogP contribution < -0.4 is 9.47 Å². The number of aldehydes is 1. The SMILES string of the molecule is COc1cc(Br)cc(C=O)c1OCc1c(F)cccc1Cl. The molecule has 0 unspecified atom stereocenters. The van der Waals surface area contributed by atoms with E-state index in [1.807, 2.05) is 0 Å². The second kappa shape index (κ2) is 6.91. The summed E-state index contributed by atoms with van der Waals surface area (Å²) in [7, 11) is 1.46. The zero-order valence-corrected chi connectivity index (χ0v) is 13.4. The number of methoxy groups -OCH3 is 1. The lowest BCUT2D eigenvalue weighted by Gasteiger charge is -2.14. The summed E-state index contributed by atoms with van der Waals surface area (Å²) in [6, 6.07) is 7.63. The molecule has 0 aliphatic carbocycles. The lowest BCUT2D eigenvalue weighted by Crippen LogP contribution is -2.03. The Morgan fingerprint density at radius 1 is 1.38 bits per heavy atom. The average molecular weight is 374 g/mol. The van der Waals surface area contributed by atoms with Gasteiger partial charge in [-0.15, -0.1) is 0 Å². The minimum absolute atomic E-state index is 0.107. The molecule has 3 nitrogen and oxygen atoms in total. The number of halogens is 3. The third-order valence-corrected chi connectivity index (χ3v) is 3.63. The Hall–Kier alpha value is -1.59. The molecule has 21 heavy (non-hydrogen) atoms. The van der Waals surface area contributed by atoms with Crippen LogP contribution in [0.2, 0.25) is 5.02 Å². The first-order valence-electron chi connectivity index (χ1n) is 5.95. The monoisotopic (exact) mass is 372 g/mol. The van der Waals surface area contributed by atoms with Gasteiger partial charge in [0.2, 0.25) is 0 Å². The summed E-state index contributed by atoms with van der Waals surface area (Å²) >= 11 is 9.21. The van der Waals surface area contributed by atoms with Crippen molar-refractivity contribution in [2.75, 3.05) is 7.11 Å². The minimum atomic E-state index is -0.466. The first-order chi connectivity index (χ1) is 10.1. The zero-order chi connectivity index (χ0) is 15.4. The first kappa shape index (κ1) is 15.8. The molecule has 0 amide bonds. The van der Waals surface area contributed by atoms with Crippen LogP contribution in [-0.4, -0.2) is 13.4 Å². The molecule has 0 saturated carbocycles. The van der Waals surface area contributed by atoms with Gasteiger partial charge in [0, 0.05) is 10.0 Å². The summed E-state index contributed by atoms with van der Waals surface area (Å²) in [6.07, 6.45) is 0.644. The quantitative estimate of drug-likeness (QED) is 0.716. The Morgan fingerprint density at radius 3 is 2.76 bits per heavy atom. The highest BCUT2D eigenvalue weighted by molar-refractivity contribution is 9.10. The molecule has 0 fully saturated rings. The first-order valence-corrected chi connectivity index (χ1v) is 7.12. The van der Waals surface area contributed by atoms with Crippen molar-refractivity contribution in [3.8, 4) is 11.5 Å². The van der Waals surface area contributed by atoms with E-state index in [1.54, 1.807) is 18.2 Å². The fraction of sp³-hybridized carbons (Fsp3) is 0.133. The van der Waals surface area contributed by atoms with Crippen molar-refractivity contribution in [3.05, 3.63) is 56.8 Å². The van der Waals surface area contributed by atoms with Crippen molar-refractivity contribution >= 4 is 33.8 Å². The Morgan fingerprint density at radius 2 is 2.14 bits per heavy atom. The van der Waals surface area contributed by atoms with E-state index in [1.165, 1.54) is 19.2 Å². The number of ether oxygens (including phenoxy) is 2. The van der Waals surface area contributed by atoms with Gasteiger partial charge in [-0.05, 0) is 24.3 Å². The standard InChI is InChI=1S/C15H11BrClFO3/c1-20-14-6-10(16)5-9(7-19)15(14)21-8-11-12(17)3-2-4-13(11)18/h2-7H,8H2,1H3. The van der Waals surface area contributed by atoms with Crippen LogP contribution in [0, 0.1) is 5.82 Å². The van der Waals surface area contributed by atoms with E-state index >= 15 is 0 Å². The normalized spacial score (nSPS) is 10.3. The summed E-state index contributed by atoms with van der Waals surface area (Å²) < 4.78 is 25.1. The molecule has 0 spiro atoms. The highest BCUT2D eigenvalue weighted by atomic mass is 79.9. The van der Waals surface area contributed by atoms with E-state index in [0.29, 0.717) is 22.1 Å². The van der Waals surface area contributed by atoms with E-state index in [-0.39, 0.29) is 22.9 Å². The molecule has 2 rings (SSSR count). The topological polar surface area (TPSA) is 35.5 Å². The number of carbonyl (C=O) groups is 1. The molecule has 110 valence electrons. The van der Waals surface area contributed by atoms with Crippen LogP contribution in [0.3, 0.4) is 0 Å². The maximum Gasteiger partial charge on any atom is 0.172 e. The molecular weight excluding hydrogens is 363 g/mol. The maximum atomic E-state index is 13.7. The zero-order valence-electron chi connectivity index (χ0n) is 11.0. The minimum Gasteiger partial charge on any atom is -0.493 e. The molecule has 0 atom stereocenters. The van der Waals surface area contributed by atoms with Gasteiger partial charge in [-0.2, -0.15) is 0 Å². The molecule has 2 aromatic rings. The summed E-state index contributed by atoms with van der Waals surface area (Å²) in [5.74, 6) is 0.153. The maximum absolute atomic E-state index is 13.7. The third kappa shape index (κ3) is 3.54. The third-order valence-electron chi connectivity index (χ3n) is 2.82. The molecule has 0 radical (unpaired) electrons. The van der Waals surface area contributed by atoms with E-state index < -0.39 is 5.82 Å². The molecule has 6 heteroatoms. The largest absolute Gasteiger partial charge is 0.493 e. The van der Waals surface area contributed by atoms with Crippen molar-refractivity contribution < 1.29 is 18.7 Å². The predicted octanol–water partition coefficient (Wildman–Crippen LogP) is 4.64. The van der Waals surface area contributed by atoms with Crippen molar-refractivity contribution in [3.63, 3.8) is 0 Å². The van der Waals surface area contributed by atoms with E-state index in [0.717, 1.165) is 0 Å². The summed E-state index contributed by atoms with van der Waals surface area (Å²) in [4.78, 5) is 11.1. The van der Waals surface area contributed by atoms with E-state index in [2.05, 4.69) is 15.9 Å². The Bertz CT molecular complexity index is 656. The molecule has 0 N–H and O–H groups in total. The lowest BCUT2D eigenvalue weighted by molar-refractivity contribution is 0.111. The van der Waals surface area contributed by atoms with Gasteiger partial charge in [-0.1, -0.05) is 33.6 Å².